The summed E-state index contributed by atoms with van der Waals surface area (Å²) in [5, 5.41) is 0. The van der Waals surface area contributed by atoms with Gasteiger partial charge in [0, 0.05) is 19.2 Å². The van der Waals surface area contributed by atoms with Gasteiger partial charge in [-0.1, -0.05) is 18.2 Å². The van der Waals surface area contributed by atoms with Crippen molar-refractivity contribution in [1.29, 1.82) is 0 Å². The van der Waals surface area contributed by atoms with Crippen LogP contribution in [0.5, 0.6) is 5.75 Å². The first-order chi connectivity index (χ1) is 12.6. The molecule has 5 nitrogen and oxygen atoms in total. The molecular formula is C18H19F3N2O3S. The van der Waals surface area contributed by atoms with E-state index in [1.54, 1.807) is 18.2 Å². The van der Waals surface area contributed by atoms with Crippen LogP contribution < -0.4 is 9.46 Å². The van der Waals surface area contributed by atoms with Gasteiger partial charge in [-0.05, 0) is 37.7 Å². The lowest BCUT2D eigenvalue weighted by molar-refractivity contribution is -0.139. The molecule has 27 heavy (non-hydrogen) atoms. The third-order valence-electron chi connectivity index (χ3n) is 4.23. The first kappa shape index (κ1) is 19.5. The van der Waals surface area contributed by atoms with Gasteiger partial charge in [-0.15, -0.1) is 0 Å². The molecule has 0 aromatic heterocycles. The fourth-order valence-corrected chi connectivity index (χ4v) is 3.97. The van der Waals surface area contributed by atoms with Gasteiger partial charge in [0.25, 0.3) is 10.0 Å². The minimum absolute atomic E-state index is 0.00760. The molecule has 1 atom stereocenters. The number of anilines is 1. The summed E-state index contributed by atoms with van der Waals surface area (Å²) in [5.74, 6) is -0.379. The van der Waals surface area contributed by atoms with Crippen molar-refractivity contribution in [2.75, 3.05) is 24.9 Å². The highest BCUT2D eigenvalue weighted by molar-refractivity contribution is 7.92. The minimum Gasteiger partial charge on any atom is -0.488 e. The lowest BCUT2D eigenvalue weighted by atomic mass is 10.1. The monoisotopic (exact) mass is 400 g/mol. The Morgan fingerprint density at radius 1 is 1.15 bits per heavy atom. The van der Waals surface area contributed by atoms with Crippen LogP contribution in [-0.2, 0) is 16.2 Å². The Kier molecular flexibility index (Phi) is 5.34. The summed E-state index contributed by atoms with van der Waals surface area (Å²) >= 11 is 0. The van der Waals surface area contributed by atoms with Crippen LogP contribution in [0.4, 0.5) is 18.9 Å². The van der Waals surface area contributed by atoms with Gasteiger partial charge in [0.1, 0.15) is 11.9 Å². The number of likely N-dealkylation sites (tertiary alicyclic amines) is 1. The number of hydrogen-bond donors (Lipinski definition) is 1. The van der Waals surface area contributed by atoms with Gasteiger partial charge in [-0.25, -0.2) is 8.42 Å². The summed E-state index contributed by atoms with van der Waals surface area (Å²) in [6.45, 7) is 1.24. The van der Waals surface area contributed by atoms with Gasteiger partial charge < -0.3 is 9.64 Å². The highest BCUT2D eigenvalue weighted by Crippen LogP contribution is 2.39. The molecule has 1 aliphatic heterocycles. The van der Waals surface area contributed by atoms with Crippen LogP contribution in [0.15, 0.2) is 53.4 Å². The van der Waals surface area contributed by atoms with Crippen molar-refractivity contribution in [2.24, 2.45) is 0 Å². The van der Waals surface area contributed by atoms with Crippen molar-refractivity contribution in [1.82, 2.24) is 4.90 Å². The van der Waals surface area contributed by atoms with Gasteiger partial charge in [-0.3, -0.25) is 4.72 Å². The molecular weight excluding hydrogens is 381 g/mol. The number of rotatable bonds is 5. The van der Waals surface area contributed by atoms with Gasteiger partial charge in [0.05, 0.1) is 16.1 Å². The van der Waals surface area contributed by atoms with E-state index < -0.39 is 21.8 Å². The van der Waals surface area contributed by atoms with Gasteiger partial charge in [0.2, 0.25) is 0 Å². The lowest BCUT2D eigenvalue weighted by Crippen LogP contribution is -2.23. The zero-order chi connectivity index (χ0) is 19.7. The highest BCUT2D eigenvalue weighted by Gasteiger charge is 2.36. The predicted molar refractivity (Wildman–Crippen MR) is 95.2 cm³/mol. The standard InChI is InChI=1S/C18H19F3N2O3S/c1-23-10-9-14(12-23)26-17-11-13(7-8-16(17)18(19,20)21)22-27(24,25)15-5-3-2-4-6-15/h2-8,11,14,22H,9-10,12H2,1H3/t14-/m1/s1. The number of hydrogen-bond acceptors (Lipinski definition) is 4. The fraction of sp³-hybridized carbons (Fsp3) is 0.333. The van der Waals surface area contributed by atoms with Crippen LogP contribution in [-0.4, -0.2) is 39.6 Å². The molecule has 0 radical (unpaired) electrons. The zero-order valence-corrected chi connectivity index (χ0v) is 15.3. The van der Waals surface area contributed by atoms with Crippen molar-refractivity contribution >= 4 is 15.7 Å². The van der Waals surface area contributed by atoms with Crippen molar-refractivity contribution < 1.29 is 26.3 Å². The summed E-state index contributed by atoms with van der Waals surface area (Å²) in [5.41, 5.74) is -0.923. The van der Waals surface area contributed by atoms with E-state index in [0.717, 1.165) is 24.7 Å². The van der Waals surface area contributed by atoms with E-state index in [0.29, 0.717) is 13.0 Å². The number of benzene rings is 2. The molecule has 1 saturated heterocycles. The van der Waals surface area contributed by atoms with Crippen LogP contribution in [0.3, 0.4) is 0 Å². The molecule has 1 N–H and O–H groups in total. The summed E-state index contributed by atoms with van der Waals surface area (Å²) in [4.78, 5) is 1.98. The second kappa shape index (κ2) is 7.40. The molecule has 0 unspecified atom stereocenters. The van der Waals surface area contributed by atoms with Gasteiger partial charge >= 0.3 is 6.18 Å². The third-order valence-corrected chi connectivity index (χ3v) is 5.63. The minimum atomic E-state index is -4.60. The quantitative estimate of drug-likeness (QED) is 0.834. The maximum atomic E-state index is 13.3. The molecule has 2 aromatic carbocycles. The van der Waals surface area contributed by atoms with Crippen molar-refractivity contribution in [3.05, 3.63) is 54.1 Å². The normalized spacial score (nSPS) is 18.4. The Bertz CT molecular complexity index is 902. The van der Waals surface area contributed by atoms with Crippen LogP contribution in [0.25, 0.3) is 0 Å². The van der Waals surface area contributed by atoms with Crippen LogP contribution in [0.2, 0.25) is 0 Å². The highest BCUT2D eigenvalue weighted by atomic mass is 32.2. The summed E-state index contributed by atoms with van der Waals surface area (Å²) in [7, 11) is -2.05. The Morgan fingerprint density at radius 3 is 2.44 bits per heavy atom. The molecule has 0 amide bonds. The third kappa shape index (κ3) is 4.72. The summed E-state index contributed by atoms with van der Waals surface area (Å²) in [6.07, 6.45) is -4.37. The number of halogens is 3. The van der Waals surface area contributed by atoms with E-state index in [1.165, 1.54) is 12.1 Å². The first-order valence-electron chi connectivity index (χ1n) is 8.29. The van der Waals surface area contributed by atoms with Crippen molar-refractivity contribution in [3.63, 3.8) is 0 Å². The molecule has 0 saturated carbocycles. The van der Waals surface area contributed by atoms with Crippen molar-refractivity contribution in [3.8, 4) is 5.75 Å². The second-order valence-electron chi connectivity index (χ2n) is 6.42. The van der Waals surface area contributed by atoms with E-state index in [2.05, 4.69) is 4.72 Å². The topological polar surface area (TPSA) is 58.6 Å². The largest absolute Gasteiger partial charge is 0.488 e. The number of ether oxygens (including phenoxy) is 1. The van der Waals surface area contributed by atoms with E-state index in [4.69, 9.17) is 4.74 Å². The van der Waals surface area contributed by atoms with Crippen LogP contribution >= 0.6 is 0 Å². The Balaban J connectivity index is 1.90. The SMILES string of the molecule is CN1CC[C@@H](Oc2cc(NS(=O)(=O)c3ccccc3)ccc2C(F)(F)F)C1. The van der Waals surface area contributed by atoms with Gasteiger partial charge in [0.15, 0.2) is 0 Å². The van der Waals surface area contributed by atoms with Gasteiger partial charge in [-0.2, -0.15) is 13.2 Å². The molecule has 1 fully saturated rings. The number of sulfonamides is 1. The smallest absolute Gasteiger partial charge is 0.419 e. The number of nitrogens with zero attached hydrogens (tertiary/aromatic N) is 1. The molecule has 1 heterocycles. The number of likely N-dealkylation sites (N-methyl/N-ethyl adjacent to an activating group) is 1. The first-order valence-corrected chi connectivity index (χ1v) is 9.78. The predicted octanol–water partition coefficient (Wildman–Crippen LogP) is 3.59. The Hall–Kier alpha value is -2.26. The zero-order valence-electron chi connectivity index (χ0n) is 14.5. The Labute approximate surface area is 155 Å². The fourth-order valence-electron chi connectivity index (χ4n) is 2.90. The van der Waals surface area contributed by atoms with Crippen molar-refractivity contribution in [2.45, 2.75) is 23.6 Å². The Morgan fingerprint density at radius 2 is 1.85 bits per heavy atom. The molecule has 0 bridgehead atoms. The van der Waals surface area contributed by atoms with E-state index >= 15 is 0 Å². The van der Waals surface area contributed by atoms with E-state index in [1.807, 2.05) is 11.9 Å². The number of alkyl halides is 3. The summed E-state index contributed by atoms with van der Waals surface area (Å²) in [6, 6.07) is 10.6. The average molecular weight is 400 g/mol. The number of nitrogens with one attached hydrogen (secondary N) is 1. The lowest BCUT2D eigenvalue weighted by Gasteiger charge is -2.19. The molecule has 3 rings (SSSR count). The molecule has 9 heteroatoms. The average Bonchev–Trinajstić information content (AvgIpc) is 2.99. The van der Waals surface area contributed by atoms with Crippen LogP contribution in [0.1, 0.15) is 12.0 Å². The maximum Gasteiger partial charge on any atom is 0.419 e. The molecule has 1 aliphatic rings. The van der Waals surface area contributed by atoms with Crippen LogP contribution in [0, 0.1) is 0 Å². The van der Waals surface area contributed by atoms with E-state index in [-0.39, 0.29) is 22.4 Å². The maximum absolute atomic E-state index is 13.3. The summed E-state index contributed by atoms with van der Waals surface area (Å²) < 4.78 is 72.6. The second-order valence-corrected chi connectivity index (χ2v) is 8.10. The van der Waals surface area contributed by atoms with E-state index in [9.17, 15) is 21.6 Å². The molecule has 0 spiro atoms. The molecule has 0 aliphatic carbocycles. The molecule has 146 valence electrons. The molecule has 2 aromatic rings.